The molecule has 3 nitrogen and oxygen atoms in total. The van der Waals surface area contributed by atoms with Gasteiger partial charge in [0.25, 0.3) is 0 Å². The molecule has 0 saturated heterocycles. The van der Waals surface area contributed by atoms with Crippen LogP contribution in [0.1, 0.15) is 0 Å². The first kappa shape index (κ1) is 12.2. The van der Waals surface area contributed by atoms with Gasteiger partial charge < -0.3 is 10.2 Å². The van der Waals surface area contributed by atoms with E-state index in [0.29, 0.717) is 11.3 Å². The molecule has 0 spiro atoms. The lowest BCUT2D eigenvalue weighted by Crippen LogP contribution is -1.86. The van der Waals surface area contributed by atoms with Crippen molar-refractivity contribution >= 4 is 0 Å². The Hall–Kier alpha value is -2.81. The molecule has 0 aliphatic carbocycles. The van der Waals surface area contributed by atoms with Crippen LogP contribution in [0.4, 0.5) is 0 Å². The summed E-state index contributed by atoms with van der Waals surface area (Å²) in [4.78, 5) is 4.36. The number of aromatic hydroxyl groups is 2. The van der Waals surface area contributed by atoms with Crippen LogP contribution in [-0.4, -0.2) is 15.2 Å². The van der Waals surface area contributed by atoms with E-state index in [9.17, 15) is 10.2 Å². The van der Waals surface area contributed by atoms with E-state index in [4.69, 9.17) is 0 Å². The Morgan fingerprint density at radius 2 is 1.25 bits per heavy atom. The summed E-state index contributed by atoms with van der Waals surface area (Å²) in [6.45, 7) is 0. The third kappa shape index (κ3) is 2.21. The molecule has 0 aliphatic rings. The van der Waals surface area contributed by atoms with Crippen LogP contribution >= 0.6 is 0 Å². The van der Waals surface area contributed by atoms with E-state index >= 15 is 0 Å². The summed E-state index contributed by atoms with van der Waals surface area (Å²) in [5, 5.41) is 19.6. The molecule has 3 heteroatoms. The molecule has 20 heavy (non-hydrogen) atoms. The van der Waals surface area contributed by atoms with Crippen LogP contribution in [0.25, 0.3) is 22.4 Å². The quantitative estimate of drug-likeness (QED) is 0.738. The van der Waals surface area contributed by atoms with Crippen molar-refractivity contribution in [3.8, 4) is 33.9 Å². The van der Waals surface area contributed by atoms with Crippen LogP contribution in [0.15, 0.2) is 66.9 Å². The van der Waals surface area contributed by atoms with Crippen LogP contribution in [0, 0.1) is 0 Å². The summed E-state index contributed by atoms with van der Waals surface area (Å²) in [6, 6.07) is 17.9. The van der Waals surface area contributed by atoms with Gasteiger partial charge in [-0.05, 0) is 24.3 Å². The van der Waals surface area contributed by atoms with Crippen molar-refractivity contribution in [2.24, 2.45) is 0 Å². The first-order valence-corrected chi connectivity index (χ1v) is 6.28. The lowest BCUT2D eigenvalue weighted by atomic mass is 10.0. The predicted molar refractivity (Wildman–Crippen MR) is 78.4 cm³/mol. The second kappa shape index (κ2) is 5.05. The Morgan fingerprint density at radius 1 is 0.650 bits per heavy atom. The van der Waals surface area contributed by atoms with Gasteiger partial charge in [-0.25, -0.2) is 0 Å². The Bertz CT molecular complexity index is 671. The van der Waals surface area contributed by atoms with Gasteiger partial charge in [-0.15, -0.1) is 0 Å². The van der Waals surface area contributed by atoms with E-state index in [-0.39, 0.29) is 11.5 Å². The second-order valence-corrected chi connectivity index (χ2v) is 4.47. The number of nitrogens with zero attached hydrogens (tertiary/aromatic N) is 1. The SMILES string of the molecule is Oc1ccccc1-c1ccc(-c2ccccc2O)nc1. The van der Waals surface area contributed by atoms with Crippen LogP contribution < -0.4 is 0 Å². The van der Waals surface area contributed by atoms with Gasteiger partial charge in [0.15, 0.2) is 0 Å². The second-order valence-electron chi connectivity index (χ2n) is 4.47. The van der Waals surface area contributed by atoms with Gasteiger partial charge in [-0.3, -0.25) is 4.98 Å². The highest BCUT2D eigenvalue weighted by molar-refractivity contribution is 5.72. The normalized spacial score (nSPS) is 10.4. The summed E-state index contributed by atoms with van der Waals surface area (Å²) in [5.41, 5.74) is 2.96. The van der Waals surface area contributed by atoms with Crippen molar-refractivity contribution < 1.29 is 10.2 Å². The molecule has 0 fully saturated rings. The fraction of sp³-hybridized carbons (Fsp3) is 0. The van der Waals surface area contributed by atoms with Crippen molar-refractivity contribution in [1.82, 2.24) is 4.98 Å². The molecule has 0 atom stereocenters. The third-order valence-corrected chi connectivity index (χ3v) is 3.16. The minimum Gasteiger partial charge on any atom is -0.507 e. The molecule has 98 valence electrons. The number of para-hydroxylation sites is 2. The molecule has 2 aromatic carbocycles. The van der Waals surface area contributed by atoms with E-state index in [1.807, 2.05) is 36.4 Å². The molecule has 1 heterocycles. The van der Waals surface area contributed by atoms with E-state index in [2.05, 4.69) is 4.98 Å². The summed E-state index contributed by atoms with van der Waals surface area (Å²) in [6.07, 6.45) is 1.69. The van der Waals surface area contributed by atoms with Crippen molar-refractivity contribution in [2.75, 3.05) is 0 Å². The lowest BCUT2D eigenvalue weighted by molar-refractivity contribution is 0.476. The van der Waals surface area contributed by atoms with Crippen LogP contribution in [0.2, 0.25) is 0 Å². The van der Waals surface area contributed by atoms with Crippen molar-refractivity contribution in [3.63, 3.8) is 0 Å². The lowest BCUT2D eigenvalue weighted by Gasteiger charge is -2.06. The molecule has 0 aliphatic heterocycles. The average Bonchev–Trinajstić information content (AvgIpc) is 2.49. The molecule has 3 rings (SSSR count). The van der Waals surface area contributed by atoms with Gasteiger partial charge in [-0.2, -0.15) is 0 Å². The molecule has 0 radical (unpaired) electrons. The zero-order valence-corrected chi connectivity index (χ0v) is 10.7. The van der Waals surface area contributed by atoms with Gasteiger partial charge >= 0.3 is 0 Å². The molecule has 0 bridgehead atoms. The molecule has 0 amide bonds. The number of benzene rings is 2. The molecule has 2 N–H and O–H groups in total. The van der Waals surface area contributed by atoms with E-state index in [1.54, 1.807) is 30.5 Å². The number of hydrogen-bond acceptors (Lipinski definition) is 3. The van der Waals surface area contributed by atoms with E-state index in [1.165, 1.54) is 0 Å². The van der Waals surface area contributed by atoms with E-state index < -0.39 is 0 Å². The predicted octanol–water partition coefficient (Wildman–Crippen LogP) is 3.83. The number of rotatable bonds is 2. The highest BCUT2D eigenvalue weighted by Gasteiger charge is 2.07. The topological polar surface area (TPSA) is 53.4 Å². The average molecular weight is 263 g/mol. The first-order valence-electron chi connectivity index (χ1n) is 6.28. The third-order valence-electron chi connectivity index (χ3n) is 3.16. The molecule has 1 aromatic heterocycles. The highest BCUT2D eigenvalue weighted by Crippen LogP contribution is 2.31. The number of aromatic nitrogens is 1. The zero-order valence-electron chi connectivity index (χ0n) is 10.7. The molecule has 3 aromatic rings. The minimum atomic E-state index is 0.204. The molecular weight excluding hydrogens is 250 g/mol. The molecule has 0 saturated carbocycles. The van der Waals surface area contributed by atoms with Crippen LogP contribution in [0.5, 0.6) is 11.5 Å². The smallest absolute Gasteiger partial charge is 0.124 e. The fourth-order valence-corrected chi connectivity index (χ4v) is 2.12. The number of hydrogen-bond donors (Lipinski definition) is 2. The maximum absolute atomic E-state index is 9.83. The fourth-order valence-electron chi connectivity index (χ4n) is 2.12. The van der Waals surface area contributed by atoms with Gasteiger partial charge in [0.2, 0.25) is 0 Å². The molecule has 0 unspecified atom stereocenters. The van der Waals surface area contributed by atoms with Crippen LogP contribution in [-0.2, 0) is 0 Å². The first-order chi connectivity index (χ1) is 9.75. The van der Waals surface area contributed by atoms with Gasteiger partial charge in [0, 0.05) is 22.9 Å². The van der Waals surface area contributed by atoms with Crippen molar-refractivity contribution in [3.05, 3.63) is 66.9 Å². The summed E-state index contributed by atoms with van der Waals surface area (Å²) >= 11 is 0. The summed E-state index contributed by atoms with van der Waals surface area (Å²) < 4.78 is 0. The summed E-state index contributed by atoms with van der Waals surface area (Å²) in [7, 11) is 0. The maximum atomic E-state index is 9.83. The largest absolute Gasteiger partial charge is 0.507 e. The van der Waals surface area contributed by atoms with Crippen molar-refractivity contribution in [2.45, 2.75) is 0 Å². The number of phenols is 2. The Balaban J connectivity index is 2.01. The standard InChI is InChI=1S/C17H13NO2/c19-16-7-3-1-5-13(16)12-9-10-15(18-11-12)14-6-2-4-8-17(14)20/h1-11,19-20H. The van der Waals surface area contributed by atoms with E-state index in [0.717, 1.165) is 11.1 Å². The van der Waals surface area contributed by atoms with Crippen molar-refractivity contribution in [1.29, 1.82) is 0 Å². The van der Waals surface area contributed by atoms with Crippen LogP contribution in [0.3, 0.4) is 0 Å². The number of pyridine rings is 1. The Morgan fingerprint density at radius 3 is 1.80 bits per heavy atom. The van der Waals surface area contributed by atoms with Gasteiger partial charge in [-0.1, -0.05) is 36.4 Å². The highest BCUT2D eigenvalue weighted by atomic mass is 16.3. The van der Waals surface area contributed by atoms with Gasteiger partial charge in [0.05, 0.1) is 5.69 Å². The summed E-state index contributed by atoms with van der Waals surface area (Å²) in [5.74, 6) is 0.430. The Kier molecular flexibility index (Phi) is 3.09. The monoisotopic (exact) mass is 263 g/mol. The van der Waals surface area contributed by atoms with Gasteiger partial charge in [0.1, 0.15) is 11.5 Å². The maximum Gasteiger partial charge on any atom is 0.124 e. The number of phenolic OH excluding ortho intramolecular Hbond substituents is 2. The molecular formula is C17H13NO2. The zero-order chi connectivity index (χ0) is 13.9. The Labute approximate surface area is 116 Å². The minimum absolute atomic E-state index is 0.204.